The standard InChI is InChI=1S/C14H15NS/c1-4-11(3)6-7-12(5-2)13-10-15-9-8-14(13)16/h4-10H,1-2H2,3H3,(H,15,16)/b11-6-,12-7+. The number of aromatic nitrogens is 1. The summed E-state index contributed by atoms with van der Waals surface area (Å²) in [6, 6.07) is 1.87. The zero-order chi connectivity index (χ0) is 12.0. The number of nitrogens with one attached hydrogen (secondary N) is 1. The van der Waals surface area contributed by atoms with Crippen LogP contribution in [0, 0.1) is 4.51 Å². The van der Waals surface area contributed by atoms with Crippen molar-refractivity contribution in [3.63, 3.8) is 0 Å². The second-order valence-corrected chi connectivity index (χ2v) is 3.80. The summed E-state index contributed by atoms with van der Waals surface area (Å²) in [4.78, 5) is 3.02. The van der Waals surface area contributed by atoms with Crippen LogP contribution in [-0.4, -0.2) is 4.98 Å². The molecule has 1 nitrogen and oxygen atoms in total. The van der Waals surface area contributed by atoms with Crippen LogP contribution in [0.2, 0.25) is 0 Å². The maximum Gasteiger partial charge on any atom is 0.0484 e. The van der Waals surface area contributed by atoms with Crippen LogP contribution in [0.5, 0.6) is 0 Å². The van der Waals surface area contributed by atoms with Gasteiger partial charge in [-0.2, -0.15) is 0 Å². The Bertz CT molecular complexity index is 503. The zero-order valence-electron chi connectivity index (χ0n) is 9.36. The molecular weight excluding hydrogens is 214 g/mol. The topological polar surface area (TPSA) is 15.8 Å². The van der Waals surface area contributed by atoms with E-state index in [9.17, 15) is 0 Å². The maximum atomic E-state index is 5.25. The monoisotopic (exact) mass is 229 g/mol. The van der Waals surface area contributed by atoms with Gasteiger partial charge >= 0.3 is 0 Å². The van der Waals surface area contributed by atoms with Crippen molar-refractivity contribution in [2.75, 3.05) is 0 Å². The Kier molecular flexibility index (Phi) is 4.67. The van der Waals surface area contributed by atoms with Gasteiger partial charge < -0.3 is 4.98 Å². The van der Waals surface area contributed by atoms with Crippen LogP contribution in [0.1, 0.15) is 12.5 Å². The van der Waals surface area contributed by atoms with Crippen LogP contribution in [0.25, 0.3) is 5.57 Å². The minimum absolute atomic E-state index is 0.814. The van der Waals surface area contributed by atoms with Gasteiger partial charge in [-0.1, -0.05) is 55.3 Å². The van der Waals surface area contributed by atoms with E-state index >= 15 is 0 Å². The van der Waals surface area contributed by atoms with Crippen LogP contribution < -0.4 is 0 Å². The first kappa shape index (κ1) is 12.4. The molecule has 0 aliphatic heterocycles. The van der Waals surface area contributed by atoms with E-state index in [1.54, 1.807) is 6.08 Å². The van der Waals surface area contributed by atoms with Crippen molar-refractivity contribution >= 4 is 17.8 Å². The third-order valence-electron chi connectivity index (χ3n) is 2.20. The van der Waals surface area contributed by atoms with Crippen molar-refractivity contribution in [3.8, 4) is 0 Å². The highest BCUT2D eigenvalue weighted by atomic mass is 32.1. The molecule has 0 aliphatic carbocycles. The van der Waals surface area contributed by atoms with Crippen molar-refractivity contribution in [2.45, 2.75) is 6.92 Å². The normalized spacial score (nSPS) is 12.3. The number of aromatic amines is 1. The molecule has 0 saturated carbocycles. The molecular formula is C14H15NS. The molecule has 1 heterocycles. The van der Waals surface area contributed by atoms with Crippen LogP contribution in [0.4, 0.5) is 0 Å². The predicted molar refractivity (Wildman–Crippen MR) is 73.8 cm³/mol. The van der Waals surface area contributed by atoms with Gasteiger partial charge in [-0.25, -0.2) is 0 Å². The van der Waals surface area contributed by atoms with Crippen molar-refractivity contribution < 1.29 is 0 Å². The maximum absolute atomic E-state index is 5.25. The van der Waals surface area contributed by atoms with Crippen LogP contribution >= 0.6 is 12.2 Å². The zero-order valence-corrected chi connectivity index (χ0v) is 10.2. The summed E-state index contributed by atoms with van der Waals surface area (Å²) in [7, 11) is 0. The number of hydrogen-bond donors (Lipinski definition) is 1. The molecule has 0 amide bonds. The van der Waals surface area contributed by atoms with Crippen LogP contribution in [-0.2, 0) is 0 Å². The van der Waals surface area contributed by atoms with E-state index in [1.165, 1.54) is 0 Å². The summed E-state index contributed by atoms with van der Waals surface area (Å²) >= 11 is 5.25. The fourth-order valence-electron chi connectivity index (χ4n) is 1.20. The van der Waals surface area contributed by atoms with Gasteiger partial charge in [0.1, 0.15) is 0 Å². The molecule has 0 saturated heterocycles. The Labute approximate surface area is 102 Å². The lowest BCUT2D eigenvalue weighted by Gasteiger charge is -2.01. The lowest BCUT2D eigenvalue weighted by molar-refractivity contribution is 1.30. The van der Waals surface area contributed by atoms with Gasteiger partial charge in [-0.05, 0) is 18.6 Å². The van der Waals surface area contributed by atoms with Crippen LogP contribution in [0.3, 0.4) is 0 Å². The second kappa shape index (κ2) is 6.03. The minimum Gasteiger partial charge on any atom is -0.367 e. The summed E-state index contributed by atoms with van der Waals surface area (Å²) in [6.07, 6.45) is 11.3. The Hall–Kier alpha value is -1.67. The summed E-state index contributed by atoms with van der Waals surface area (Å²) in [5.74, 6) is 0. The first-order valence-corrected chi connectivity index (χ1v) is 5.40. The Morgan fingerprint density at radius 3 is 2.62 bits per heavy atom. The first-order chi connectivity index (χ1) is 7.69. The lowest BCUT2D eigenvalue weighted by Crippen LogP contribution is -1.83. The fraction of sp³-hybridized carbons (Fsp3) is 0.0714. The van der Waals surface area contributed by atoms with Crippen molar-refractivity contribution in [2.24, 2.45) is 0 Å². The van der Waals surface area contributed by atoms with Gasteiger partial charge in [0, 0.05) is 22.5 Å². The highest BCUT2D eigenvalue weighted by molar-refractivity contribution is 7.71. The van der Waals surface area contributed by atoms with Gasteiger partial charge in [0.2, 0.25) is 0 Å². The molecule has 0 fully saturated rings. The molecule has 1 aromatic rings. The van der Waals surface area contributed by atoms with E-state index in [-0.39, 0.29) is 0 Å². The summed E-state index contributed by atoms with van der Waals surface area (Å²) in [5, 5.41) is 0. The molecule has 1 N–H and O–H groups in total. The van der Waals surface area contributed by atoms with Gasteiger partial charge in [0.15, 0.2) is 0 Å². The molecule has 0 aliphatic rings. The summed E-state index contributed by atoms with van der Waals surface area (Å²) < 4.78 is 0.814. The van der Waals surface area contributed by atoms with Gasteiger partial charge in [-0.3, -0.25) is 0 Å². The Morgan fingerprint density at radius 1 is 1.31 bits per heavy atom. The summed E-state index contributed by atoms with van der Waals surface area (Å²) in [6.45, 7) is 9.50. The SMILES string of the molecule is C=C/C(C)=C\C=C(/C=C)c1c[nH]ccc1=S. The lowest BCUT2D eigenvalue weighted by atomic mass is 10.1. The molecule has 0 unspecified atom stereocenters. The third kappa shape index (κ3) is 3.17. The summed E-state index contributed by atoms with van der Waals surface area (Å²) in [5.41, 5.74) is 3.09. The second-order valence-electron chi connectivity index (χ2n) is 3.36. The van der Waals surface area contributed by atoms with E-state index in [1.807, 2.05) is 43.6 Å². The molecule has 0 atom stereocenters. The Balaban J connectivity index is 3.19. The minimum atomic E-state index is 0.814. The van der Waals surface area contributed by atoms with Gasteiger partial charge in [0.25, 0.3) is 0 Å². The van der Waals surface area contributed by atoms with Gasteiger partial charge in [0.05, 0.1) is 0 Å². The number of pyridine rings is 1. The number of hydrogen-bond acceptors (Lipinski definition) is 1. The van der Waals surface area contributed by atoms with Crippen molar-refractivity contribution in [1.29, 1.82) is 0 Å². The molecule has 0 aromatic carbocycles. The fourth-order valence-corrected chi connectivity index (χ4v) is 1.44. The number of allylic oxidation sites excluding steroid dienone is 6. The number of rotatable bonds is 4. The van der Waals surface area contributed by atoms with E-state index in [0.717, 1.165) is 21.2 Å². The quantitative estimate of drug-likeness (QED) is 0.596. The molecule has 0 radical (unpaired) electrons. The Morgan fingerprint density at radius 2 is 2.06 bits per heavy atom. The van der Waals surface area contributed by atoms with E-state index in [2.05, 4.69) is 18.1 Å². The molecule has 2 heteroatoms. The molecule has 16 heavy (non-hydrogen) atoms. The average molecular weight is 229 g/mol. The molecule has 82 valence electrons. The smallest absolute Gasteiger partial charge is 0.0484 e. The predicted octanol–water partition coefficient (Wildman–Crippen LogP) is 4.45. The van der Waals surface area contributed by atoms with Crippen LogP contribution in [0.15, 0.2) is 61.5 Å². The number of H-pyrrole nitrogens is 1. The highest BCUT2D eigenvalue weighted by Crippen LogP contribution is 2.16. The van der Waals surface area contributed by atoms with E-state index in [0.29, 0.717) is 0 Å². The third-order valence-corrected chi connectivity index (χ3v) is 2.56. The first-order valence-electron chi connectivity index (χ1n) is 5.00. The molecule has 0 spiro atoms. The highest BCUT2D eigenvalue weighted by Gasteiger charge is 1.97. The molecule has 0 bridgehead atoms. The van der Waals surface area contributed by atoms with E-state index < -0.39 is 0 Å². The molecule has 1 aromatic heterocycles. The molecule has 1 rings (SSSR count). The van der Waals surface area contributed by atoms with Crippen molar-refractivity contribution in [3.05, 3.63) is 71.6 Å². The van der Waals surface area contributed by atoms with E-state index in [4.69, 9.17) is 12.2 Å². The largest absolute Gasteiger partial charge is 0.367 e. The average Bonchev–Trinajstić information content (AvgIpc) is 2.31. The van der Waals surface area contributed by atoms with Gasteiger partial charge in [-0.15, -0.1) is 0 Å². The van der Waals surface area contributed by atoms with Crippen molar-refractivity contribution in [1.82, 2.24) is 4.98 Å².